The van der Waals surface area contributed by atoms with E-state index in [2.05, 4.69) is 5.10 Å². The van der Waals surface area contributed by atoms with Gasteiger partial charge in [-0.15, -0.1) is 0 Å². The van der Waals surface area contributed by atoms with Crippen molar-refractivity contribution in [2.45, 2.75) is 13.5 Å². The van der Waals surface area contributed by atoms with Crippen LogP contribution in [0, 0.1) is 6.92 Å². The number of ether oxygens (including phenoxy) is 1. The molecule has 0 aliphatic rings. The maximum Gasteiger partial charge on any atom is 0.492 e. The van der Waals surface area contributed by atoms with Crippen molar-refractivity contribution in [3.8, 4) is 5.75 Å². The van der Waals surface area contributed by atoms with Crippen LogP contribution < -0.4 is 10.2 Å². The van der Waals surface area contributed by atoms with Crippen molar-refractivity contribution < 1.29 is 14.8 Å². The van der Waals surface area contributed by atoms with E-state index in [-0.39, 0.29) is 0 Å². The molecule has 7 heteroatoms. The van der Waals surface area contributed by atoms with Gasteiger partial charge in [-0.2, -0.15) is 5.10 Å². The van der Waals surface area contributed by atoms with Crippen LogP contribution in [0.25, 0.3) is 0 Å². The normalized spacial score (nSPS) is 10.6. The first kappa shape index (κ1) is 13.9. The maximum absolute atomic E-state index is 9.31. The van der Waals surface area contributed by atoms with Gasteiger partial charge in [-0.1, -0.05) is 23.7 Å². The van der Waals surface area contributed by atoms with Gasteiger partial charge in [0.25, 0.3) is 0 Å². The predicted octanol–water partition coefficient (Wildman–Crippen LogP) is 0.582. The topological polar surface area (TPSA) is 67.5 Å². The fourth-order valence-corrected chi connectivity index (χ4v) is 2.00. The summed E-state index contributed by atoms with van der Waals surface area (Å²) in [5, 5.41) is 23.5. The number of aromatic nitrogens is 2. The third kappa shape index (κ3) is 3.09. The van der Waals surface area contributed by atoms with E-state index in [1.165, 1.54) is 7.11 Å². The lowest BCUT2D eigenvalue weighted by molar-refractivity contribution is 0.403. The number of hydrogen-bond donors (Lipinski definition) is 2. The molecule has 2 rings (SSSR count). The van der Waals surface area contributed by atoms with Crippen LogP contribution in [0.2, 0.25) is 5.02 Å². The lowest BCUT2D eigenvalue weighted by atomic mass is 9.78. The van der Waals surface area contributed by atoms with Gasteiger partial charge in [0.1, 0.15) is 5.75 Å². The van der Waals surface area contributed by atoms with E-state index >= 15 is 0 Å². The summed E-state index contributed by atoms with van der Waals surface area (Å²) >= 11 is 5.94. The van der Waals surface area contributed by atoms with Crippen LogP contribution >= 0.6 is 11.6 Å². The molecular formula is C12H14BClN2O3. The van der Waals surface area contributed by atoms with Crippen molar-refractivity contribution in [3.05, 3.63) is 40.7 Å². The summed E-state index contributed by atoms with van der Waals surface area (Å²) in [6.07, 6.45) is 1.73. The smallest absolute Gasteiger partial charge is 0.492 e. The molecule has 0 atom stereocenters. The molecular weight excluding hydrogens is 266 g/mol. The Kier molecular flexibility index (Phi) is 4.14. The molecule has 1 aromatic heterocycles. The zero-order valence-corrected chi connectivity index (χ0v) is 11.4. The highest BCUT2D eigenvalue weighted by Gasteiger charge is 2.17. The van der Waals surface area contributed by atoms with E-state index in [1.54, 1.807) is 23.0 Å². The second-order valence-electron chi connectivity index (χ2n) is 4.21. The van der Waals surface area contributed by atoms with Gasteiger partial charge in [0.15, 0.2) is 0 Å². The third-order valence-corrected chi connectivity index (χ3v) is 3.17. The minimum Gasteiger partial charge on any atom is -0.497 e. The van der Waals surface area contributed by atoms with Gasteiger partial charge in [-0.3, -0.25) is 4.68 Å². The van der Waals surface area contributed by atoms with Gasteiger partial charge >= 0.3 is 7.12 Å². The highest BCUT2D eigenvalue weighted by molar-refractivity contribution is 6.59. The number of rotatable bonds is 4. The third-order valence-electron chi connectivity index (χ3n) is 2.80. The van der Waals surface area contributed by atoms with Crippen LogP contribution in [0.3, 0.4) is 0 Å². The van der Waals surface area contributed by atoms with E-state index < -0.39 is 7.12 Å². The molecule has 0 aliphatic carbocycles. The van der Waals surface area contributed by atoms with Gasteiger partial charge in [0, 0.05) is 11.7 Å². The molecule has 2 N–H and O–H groups in total. The molecule has 0 aliphatic heterocycles. The van der Waals surface area contributed by atoms with Crippen LogP contribution in [0.4, 0.5) is 0 Å². The minimum atomic E-state index is -1.57. The Bertz CT molecular complexity index is 567. The highest BCUT2D eigenvalue weighted by atomic mass is 35.5. The monoisotopic (exact) mass is 280 g/mol. The molecule has 0 unspecified atom stereocenters. The molecule has 19 heavy (non-hydrogen) atoms. The zero-order valence-electron chi connectivity index (χ0n) is 10.7. The van der Waals surface area contributed by atoms with Gasteiger partial charge in [-0.05, 0) is 18.6 Å². The lowest BCUT2D eigenvalue weighted by Gasteiger charge is -2.10. The molecule has 0 radical (unpaired) electrons. The zero-order chi connectivity index (χ0) is 14.0. The summed E-state index contributed by atoms with van der Waals surface area (Å²) < 4.78 is 6.77. The molecule has 1 heterocycles. The molecule has 0 bridgehead atoms. The predicted molar refractivity (Wildman–Crippen MR) is 73.9 cm³/mol. The van der Waals surface area contributed by atoms with Crippen LogP contribution in [-0.4, -0.2) is 34.1 Å². The standard InChI is InChI=1S/C12H14BClN2O3/c1-8-11(14)7-16(15-8)6-9-3-4-12(19-2)10(5-9)13(17)18/h3-5,7,17-18H,6H2,1-2H3. The molecule has 100 valence electrons. The number of methoxy groups -OCH3 is 1. The summed E-state index contributed by atoms with van der Waals surface area (Å²) in [5.41, 5.74) is 1.97. The Hall–Kier alpha value is -1.50. The largest absolute Gasteiger partial charge is 0.497 e. The summed E-state index contributed by atoms with van der Waals surface area (Å²) in [4.78, 5) is 0. The Morgan fingerprint density at radius 3 is 2.68 bits per heavy atom. The first-order valence-corrected chi connectivity index (χ1v) is 6.11. The van der Waals surface area contributed by atoms with E-state index in [4.69, 9.17) is 16.3 Å². The summed E-state index contributed by atoms with van der Waals surface area (Å²) in [6, 6.07) is 5.21. The fourth-order valence-electron chi connectivity index (χ4n) is 1.85. The Labute approximate surface area is 116 Å². The molecule has 0 spiro atoms. The quantitative estimate of drug-likeness (QED) is 0.804. The van der Waals surface area contributed by atoms with Crippen LogP contribution in [0.5, 0.6) is 5.75 Å². The van der Waals surface area contributed by atoms with E-state index in [0.29, 0.717) is 22.8 Å². The van der Waals surface area contributed by atoms with Gasteiger partial charge in [-0.25, -0.2) is 0 Å². The van der Waals surface area contributed by atoms with E-state index in [9.17, 15) is 10.0 Å². The molecule has 0 amide bonds. The minimum absolute atomic E-state index is 0.329. The van der Waals surface area contributed by atoms with Gasteiger partial charge < -0.3 is 14.8 Å². The van der Waals surface area contributed by atoms with Gasteiger partial charge in [0.2, 0.25) is 0 Å². The van der Waals surface area contributed by atoms with E-state index in [0.717, 1.165) is 11.3 Å². The van der Waals surface area contributed by atoms with Gasteiger partial charge in [0.05, 0.1) is 24.4 Å². The van der Waals surface area contributed by atoms with Crippen molar-refractivity contribution in [2.75, 3.05) is 7.11 Å². The second-order valence-corrected chi connectivity index (χ2v) is 4.62. The summed E-state index contributed by atoms with van der Waals surface area (Å²) in [6.45, 7) is 2.33. The maximum atomic E-state index is 9.31. The van der Waals surface area contributed by atoms with Crippen molar-refractivity contribution in [2.24, 2.45) is 0 Å². The SMILES string of the molecule is COc1ccc(Cn2cc(Cl)c(C)n2)cc1B(O)O. The highest BCUT2D eigenvalue weighted by Crippen LogP contribution is 2.15. The Balaban J connectivity index is 2.28. The van der Waals surface area contributed by atoms with Crippen molar-refractivity contribution in [1.29, 1.82) is 0 Å². The first-order valence-electron chi connectivity index (χ1n) is 5.73. The van der Waals surface area contributed by atoms with Crippen molar-refractivity contribution in [3.63, 3.8) is 0 Å². The van der Waals surface area contributed by atoms with Crippen LogP contribution in [0.1, 0.15) is 11.3 Å². The molecule has 1 aromatic carbocycles. The Morgan fingerprint density at radius 1 is 1.42 bits per heavy atom. The molecule has 0 fully saturated rings. The summed E-state index contributed by atoms with van der Waals surface area (Å²) in [5.74, 6) is 0.438. The molecule has 2 aromatic rings. The number of nitrogens with zero attached hydrogens (tertiary/aromatic N) is 2. The molecule has 0 saturated carbocycles. The van der Waals surface area contributed by atoms with Crippen molar-refractivity contribution in [1.82, 2.24) is 9.78 Å². The van der Waals surface area contributed by atoms with Crippen LogP contribution in [-0.2, 0) is 6.54 Å². The summed E-state index contributed by atoms with van der Waals surface area (Å²) in [7, 11) is -0.0878. The molecule has 0 saturated heterocycles. The molecule has 5 nitrogen and oxygen atoms in total. The second kappa shape index (κ2) is 5.65. The van der Waals surface area contributed by atoms with E-state index in [1.807, 2.05) is 13.0 Å². The van der Waals surface area contributed by atoms with Crippen LogP contribution in [0.15, 0.2) is 24.4 Å². The average molecular weight is 281 g/mol. The number of hydrogen-bond acceptors (Lipinski definition) is 4. The fraction of sp³-hybridized carbons (Fsp3) is 0.250. The number of aryl methyl sites for hydroxylation is 1. The Morgan fingerprint density at radius 2 is 2.16 bits per heavy atom. The number of halogens is 1. The average Bonchev–Trinajstić information content (AvgIpc) is 2.68. The first-order chi connectivity index (χ1) is 9.01. The lowest BCUT2D eigenvalue weighted by Crippen LogP contribution is -2.31. The number of benzene rings is 1. The van der Waals surface area contributed by atoms with Crippen molar-refractivity contribution >= 4 is 24.2 Å².